The summed E-state index contributed by atoms with van der Waals surface area (Å²) in [6.07, 6.45) is 3.69. The van der Waals surface area contributed by atoms with Crippen molar-refractivity contribution in [3.63, 3.8) is 0 Å². The van der Waals surface area contributed by atoms with Crippen LogP contribution < -0.4 is 0 Å². The summed E-state index contributed by atoms with van der Waals surface area (Å²) in [5, 5.41) is 9.66. The minimum Gasteiger partial charge on any atom is -0.480 e. The lowest BCUT2D eigenvalue weighted by atomic mass is 10.3. The zero-order valence-electron chi connectivity index (χ0n) is 12.4. The van der Waals surface area contributed by atoms with E-state index in [9.17, 15) is 9.59 Å². The van der Waals surface area contributed by atoms with E-state index in [2.05, 4.69) is 4.98 Å². The molecule has 8 heteroatoms. The summed E-state index contributed by atoms with van der Waals surface area (Å²) < 4.78 is 6.75. The Kier molecular flexibility index (Phi) is 5.40. The maximum absolute atomic E-state index is 12.7. The molecular formula is C14H17N3O4S. The van der Waals surface area contributed by atoms with Gasteiger partial charge in [0.2, 0.25) is 0 Å². The number of aromatic nitrogens is 2. The van der Waals surface area contributed by atoms with Crippen LogP contribution in [0, 0.1) is 0 Å². The second kappa shape index (κ2) is 7.28. The summed E-state index contributed by atoms with van der Waals surface area (Å²) in [5.74, 6) is -1.48. The number of ether oxygens (including phenoxy) is 1. The van der Waals surface area contributed by atoms with E-state index in [0.717, 1.165) is 0 Å². The molecule has 7 nitrogen and oxygen atoms in total. The van der Waals surface area contributed by atoms with E-state index in [0.29, 0.717) is 10.7 Å². The molecule has 2 aromatic heterocycles. The van der Waals surface area contributed by atoms with Crippen LogP contribution in [0.4, 0.5) is 0 Å². The fourth-order valence-corrected chi connectivity index (χ4v) is 2.62. The predicted molar refractivity (Wildman–Crippen MR) is 82.4 cm³/mol. The van der Waals surface area contributed by atoms with Gasteiger partial charge in [-0.15, -0.1) is 0 Å². The molecule has 118 valence electrons. The Morgan fingerprint density at radius 1 is 1.45 bits per heavy atom. The first kappa shape index (κ1) is 16.3. The number of imidazole rings is 1. The van der Waals surface area contributed by atoms with Gasteiger partial charge in [0.15, 0.2) is 10.9 Å². The van der Waals surface area contributed by atoms with Crippen LogP contribution in [-0.4, -0.2) is 64.3 Å². The van der Waals surface area contributed by atoms with E-state index in [1.54, 1.807) is 6.07 Å². The van der Waals surface area contributed by atoms with Crippen LogP contribution in [0.25, 0.3) is 5.52 Å². The minimum absolute atomic E-state index is 0.197. The highest BCUT2D eigenvalue weighted by atomic mass is 32.2. The maximum Gasteiger partial charge on any atom is 0.323 e. The number of amides is 1. The fourth-order valence-electron chi connectivity index (χ4n) is 2.08. The van der Waals surface area contributed by atoms with Gasteiger partial charge in [-0.1, -0.05) is 17.8 Å². The lowest BCUT2D eigenvalue weighted by Gasteiger charge is -2.19. The van der Waals surface area contributed by atoms with Crippen LogP contribution >= 0.6 is 11.8 Å². The van der Waals surface area contributed by atoms with Crippen molar-refractivity contribution in [1.82, 2.24) is 14.3 Å². The number of carbonyl (C=O) groups excluding carboxylic acids is 1. The van der Waals surface area contributed by atoms with Crippen LogP contribution in [0.3, 0.4) is 0 Å². The van der Waals surface area contributed by atoms with Crippen molar-refractivity contribution < 1.29 is 19.4 Å². The zero-order valence-corrected chi connectivity index (χ0v) is 13.2. The van der Waals surface area contributed by atoms with E-state index >= 15 is 0 Å². The summed E-state index contributed by atoms with van der Waals surface area (Å²) in [6, 6.07) is 5.45. The molecule has 0 atom stereocenters. The van der Waals surface area contributed by atoms with E-state index in [1.165, 1.54) is 23.8 Å². The number of thioether (sulfide) groups is 1. The van der Waals surface area contributed by atoms with E-state index in [-0.39, 0.29) is 25.4 Å². The summed E-state index contributed by atoms with van der Waals surface area (Å²) in [4.78, 5) is 29.2. The first-order valence-corrected chi connectivity index (χ1v) is 7.82. The molecule has 22 heavy (non-hydrogen) atoms. The quantitative estimate of drug-likeness (QED) is 0.772. The Morgan fingerprint density at radius 3 is 2.86 bits per heavy atom. The number of nitrogens with zero attached hydrogens (tertiary/aromatic N) is 3. The van der Waals surface area contributed by atoms with Gasteiger partial charge in [0.25, 0.3) is 5.91 Å². The van der Waals surface area contributed by atoms with Gasteiger partial charge < -0.3 is 14.7 Å². The van der Waals surface area contributed by atoms with Crippen molar-refractivity contribution in [2.45, 2.75) is 5.16 Å². The monoisotopic (exact) mass is 323 g/mol. The van der Waals surface area contributed by atoms with E-state index in [4.69, 9.17) is 9.84 Å². The molecular weight excluding hydrogens is 306 g/mol. The molecule has 0 radical (unpaired) electrons. The number of rotatable bonds is 7. The average molecular weight is 323 g/mol. The van der Waals surface area contributed by atoms with Gasteiger partial charge in [0.1, 0.15) is 6.54 Å². The van der Waals surface area contributed by atoms with Gasteiger partial charge in [-0.05, 0) is 18.4 Å². The molecule has 0 fully saturated rings. The number of carboxylic acids is 1. The summed E-state index contributed by atoms with van der Waals surface area (Å²) in [7, 11) is 1.50. The van der Waals surface area contributed by atoms with E-state index < -0.39 is 11.9 Å². The van der Waals surface area contributed by atoms with Gasteiger partial charge in [-0.2, -0.15) is 0 Å². The summed E-state index contributed by atoms with van der Waals surface area (Å²) in [5.41, 5.74) is 0.909. The third-order valence-electron chi connectivity index (χ3n) is 3.08. The topological polar surface area (TPSA) is 84.1 Å². The van der Waals surface area contributed by atoms with Gasteiger partial charge in [-0.25, -0.2) is 4.98 Å². The van der Waals surface area contributed by atoms with Crippen LogP contribution in [-0.2, 0) is 9.53 Å². The second-order valence-electron chi connectivity index (χ2n) is 4.52. The molecule has 0 aromatic carbocycles. The third-order valence-corrected chi connectivity index (χ3v) is 3.73. The van der Waals surface area contributed by atoms with Crippen LogP contribution in [0.15, 0.2) is 29.6 Å². The lowest BCUT2D eigenvalue weighted by Crippen LogP contribution is -2.38. The number of carboxylic acid groups (broad SMARTS) is 1. The van der Waals surface area contributed by atoms with E-state index in [1.807, 2.05) is 29.0 Å². The Bertz CT molecular complexity index is 686. The maximum atomic E-state index is 12.7. The third kappa shape index (κ3) is 3.40. The highest BCUT2D eigenvalue weighted by Gasteiger charge is 2.24. The van der Waals surface area contributed by atoms with Crippen LogP contribution in [0.2, 0.25) is 0 Å². The molecule has 0 saturated carbocycles. The van der Waals surface area contributed by atoms with Crippen molar-refractivity contribution in [1.29, 1.82) is 0 Å². The van der Waals surface area contributed by atoms with Crippen LogP contribution in [0.5, 0.6) is 0 Å². The molecule has 1 N–H and O–H groups in total. The first-order valence-electron chi connectivity index (χ1n) is 6.59. The second-order valence-corrected chi connectivity index (χ2v) is 5.29. The van der Waals surface area contributed by atoms with Gasteiger partial charge in [0, 0.05) is 19.9 Å². The molecule has 0 aliphatic heterocycles. The minimum atomic E-state index is -1.07. The van der Waals surface area contributed by atoms with Crippen LogP contribution in [0.1, 0.15) is 10.5 Å². The highest BCUT2D eigenvalue weighted by Crippen LogP contribution is 2.21. The van der Waals surface area contributed by atoms with Crippen molar-refractivity contribution in [3.8, 4) is 0 Å². The lowest BCUT2D eigenvalue weighted by molar-refractivity contribution is -0.137. The van der Waals surface area contributed by atoms with Gasteiger partial charge >= 0.3 is 5.97 Å². The standard InChI is InChI=1S/C14H17N3O4S/c1-21-8-7-16(9-11(18)19)13(20)12-10-5-3-4-6-17(10)14(15-12)22-2/h3-6H,7-9H2,1-2H3,(H,18,19). The highest BCUT2D eigenvalue weighted by molar-refractivity contribution is 7.98. The number of hydrogen-bond donors (Lipinski definition) is 1. The Morgan fingerprint density at radius 2 is 2.23 bits per heavy atom. The number of aliphatic carboxylic acids is 1. The number of hydrogen-bond acceptors (Lipinski definition) is 5. The molecule has 0 saturated heterocycles. The summed E-state index contributed by atoms with van der Waals surface area (Å²) >= 11 is 1.42. The average Bonchev–Trinajstić information content (AvgIpc) is 2.89. The Balaban J connectivity index is 2.39. The normalized spacial score (nSPS) is 10.8. The van der Waals surface area contributed by atoms with Crippen molar-refractivity contribution >= 4 is 29.2 Å². The summed E-state index contributed by atoms with van der Waals surface area (Å²) in [6.45, 7) is 0.0743. The molecule has 0 bridgehead atoms. The first-order chi connectivity index (χ1) is 10.6. The Hall–Kier alpha value is -2.06. The molecule has 2 heterocycles. The van der Waals surface area contributed by atoms with Crippen molar-refractivity contribution in [3.05, 3.63) is 30.1 Å². The zero-order chi connectivity index (χ0) is 16.1. The smallest absolute Gasteiger partial charge is 0.323 e. The molecule has 0 unspecified atom stereocenters. The van der Waals surface area contributed by atoms with Gasteiger partial charge in [0.05, 0.1) is 12.1 Å². The fraction of sp³-hybridized carbons (Fsp3) is 0.357. The molecule has 0 spiro atoms. The molecule has 2 aromatic rings. The van der Waals surface area contributed by atoms with Crippen molar-refractivity contribution in [2.24, 2.45) is 0 Å². The number of methoxy groups -OCH3 is 1. The number of fused-ring (bicyclic) bond motifs is 1. The van der Waals surface area contributed by atoms with Gasteiger partial charge in [-0.3, -0.25) is 14.0 Å². The Labute approximate surface area is 131 Å². The molecule has 2 rings (SSSR count). The van der Waals surface area contributed by atoms with Crippen molar-refractivity contribution in [2.75, 3.05) is 33.1 Å². The number of pyridine rings is 1. The number of carbonyl (C=O) groups is 2. The molecule has 0 aliphatic carbocycles. The molecule has 1 amide bonds. The molecule has 0 aliphatic rings. The SMILES string of the molecule is COCCN(CC(=O)O)C(=O)c1nc(SC)n2ccccc12. The predicted octanol–water partition coefficient (Wildman–Crippen LogP) is 1.23. The largest absolute Gasteiger partial charge is 0.480 e.